The molecule has 2 aromatic heterocycles. The number of para-hydroxylation sites is 1. The van der Waals surface area contributed by atoms with Crippen LogP contribution in [0.25, 0.3) is 16.9 Å². The van der Waals surface area contributed by atoms with Crippen molar-refractivity contribution in [2.45, 2.75) is 13.3 Å². The molecule has 0 spiro atoms. The number of benzene rings is 1. The Balaban J connectivity index is 2.34. The van der Waals surface area contributed by atoms with E-state index in [0.717, 1.165) is 28.4 Å². The van der Waals surface area contributed by atoms with Gasteiger partial charge in [0, 0.05) is 18.0 Å². The van der Waals surface area contributed by atoms with Crippen LogP contribution in [-0.2, 0) is 6.42 Å². The van der Waals surface area contributed by atoms with Gasteiger partial charge < -0.3 is 0 Å². The summed E-state index contributed by atoms with van der Waals surface area (Å²) in [6.07, 6.45) is 0.669. The third-order valence-corrected chi connectivity index (χ3v) is 3.63. The summed E-state index contributed by atoms with van der Waals surface area (Å²) >= 11 is 12.2. The Morgan fingerprint density at radius 3 is 2.65 bits per heavy atom. The Kier molecular flexibility index (Phi) is 3.64. The molecule has 0 atom stereocenters. The van der Waals surface area contributed by atoms with E-state index in [4.69, 9.17) is 23.2 Å². The SMILES string of the molecule is Cc1ccc2nc(CCCl)n(-c3ccccc3Cl)c2n1. The fourth-order valence-electron chi connectivity index (χ4n) is 2.24. The standard InChI is InChI=1S/C15H13Cl2N3/c1-10-6-7-12-15(18-10)20(14(19-12)8-9-16)13-5-3-2-4-11(13)17/h2-7H,8-9H2,1H3. The van der Waals surface area contributed by atoms with E-state index in [1.54, 1.807) is 0 Å². The lowest BCUT2D eigenvalue weighted by molar-refractivity contribution is 0.904. The van der Waals surface area contributed by atoms with Crippen molar-refractivity contribution in [1.82, 2.24) is 14.5 Å². The first kappa shape index (κ1) is 13.4. The molecule has 0 radical (unpaired) electrons. The molecule has 3 nitrogen and oxygen atoms in total. The quantitative estimate of drug-likeness (QED) is 0.680. The highest BCUT2D eigenvalue weighted by Crippen LogP contribution is 2.26. The van der Waals surface area contributed by atoms with E-state index in [1.807, 2.05) is 47.9 Å². The van der Waals surface area contributed by atoms with Crippen LogP contribution in [0.15, 0.2) is 36.4 Å². The minimum absolute atomic E-state index is 0.507. The number of rotatable bonds is 3. The largest absolute Gasteiger partial charge is 0.279 e. The Hall–Kier alpha value is -1.58. The van der Waals surface area contributed by atoms with Crippen LogP contribution in [0.3, 0.4) is 0 Å². The molecule has 0 fully saturated rings. The maximum Gasteiger partial charge on any atom is 0.164 e. The molecule has 0 aliphatic carbocycles. The second-order valence-electron chi connectivity index (χ2n) is 4.55. The van der Waals surface area contributed by atoms with Crippen molar-refractivity contribution in [1.29, 1.82) is 0 Å². The number of nitrogens with zero attached hydrogens (tertiary/aromatic N) is 3. The van der Waals surface area contributed by atoms with Gasteiger partial charge in [-0.25, -0.2) is 9.97 Å². The Bertz CT molecular complexity index is 765. The molecule has 0 aliphatic heterocycles. The van der Waals surface area contributed by atoms with E-state index >= 15 is 0 Å². The minimum atomic E-state index is 0.507. The number of aromatic nitrogens is 3. The third kappa shape index (κ3) is 2.28. The van der Waals surface area contributed by atoms with Crippen molar-refractivity contribution in [3.8, 4) is 5.69 Å². The maximum atomic E-state index is 6.32. The van der Waals surface area contributed by atoms with Crippen LogP contribution in [0.5, 0.6) is 0 Å². The number of alkyl halides is 1. The summed E-state index contributed by atoms with van der Waals surface area (Å²) in [5, 5.41) is 0.672. The van der Waals surface area contributed by atoms with Crippen molar-refractivity contribution < 1.29 is 0 Å². The number of hydrogen-bond acceptors (Lipinski definition) is 2. The zero-order chi connectivity index (χ0) is 14.1. The highest BCUT2D eigenvalue weighted by molar-refractivity contribution is 6.32. The van der Waals surface area contributed by atoms with E-state index in [1.165, 1.54) is 0 Å². The van der Waals surface area contributed by atoms with Crippen LogP contribution < -0.4 is 0 Å². The molecule has 0 saturated carbocycles. The summed E-state index contributed by atoms with van der Waals surface area (Å²) in [5.74, 6) is 1.38. The van der Waals surface area contributed by atoms with Crippen molar-refractivity contribution in [2.24, 2.45) is 0 Å². The van der Waals surface area contributed by atoms with Gasteiger partial charge in [-0.05, 0) is 31.2 Å². The molecule has 102 valence electrons. The summed E-state index contributed by atoms with van der Waals surface area (Å²) in [5.41, 5.74) is 3.51. The van der Waals surface area contributed by atoms with Crippen LogP contribution in [0, 0.1) is 6.92 Å². The number of aryl methyl sites for hydroxylation is 2. The maximum absolute atomic E-state index is 6.32. The minimum Gasteiger partial charge on any atom is -0.279 e. The predicted octanol–water partition coefficient (Wildman–Crippen LogP) is 4.16. The van der Waals surface area contributed by atoms with E-state index in [0.29, 0.717) is 17.3 Å². The van der Waals surface area contributed by atoms with E-state index in [2.05, 4.69) is 9.97 Å². The lowest BCUT2D eigenvalue weighted by Crippen LogP contribution is -2.03. The van der Waals surface area contributed by atoms with Gasteiger partial charge in [0.15, 0.2) is 5.65 Å². The molecular formula is C15H13Cl2N3. The Labute approximate surface area is 127 Å². The van der Waals surface area contributed by atoms with Crippen LogP contribution in [0.2, 0.25) is 5.02 Å². The van der Waals surface area contributed by atoms with Gasteiger partial charge in [-0.1, -0.05) is 23.7 Å². The van der Waals surface area contributed by atoms with E-state index in [-0.39, 0.29) is 0 Å². The summed E-state index contributed by atoms with van der Waals surface area (Å²) in [6, 6.07) is 11.6. The zero-order valence-electron chi connectivity index (χ0n) is 11.0. The highest BCUT2D eigenvalue weighted by Gasteiger charge is 2.15. The second kappa shape index (κ2) is 5.43. The van der Waals surface area contributed by atoms with Crippen molar-refractivity contribution in [2.75, 3.05) is 5.88 Å². The molecule has 0 unspecified atom stereocenters. The topological polar surface area (TPSA) is 30.7 Å². The number of hydrogen-bond donors (Lipinski definition) is 0. The normalized spacial score (nSPS) is 11.2. The molecule has 0 amide bonds. The summed E-state index contributed by atoms with van der Waals surface area (Å²) < 4.78 is 1.99. The highest BCUT2D eigenvalue weighted by atomic mass is 35.5. The van der Waals surface area contributed by atoms with Crippen LogP contribution in [0.4, 0.5) is 0 Å². The molecule has 2 heterocycles. The molecular weight excluding hydrogens is 293 g/mol. The molecule has 0 bridgehead atoms. The van der Waals surface area contributed by atoms with Gasteiger partial charge in [0.05, 0.1) is 10.7 Å². The number of halogens is 2. The number of fused-ring (bicyclic) bond motifs is 1. The zero-order valence-corrected chi connectivity index (χ0v) is 12.5. The fourth-order valence-corrected chi connectivity index (χ4v) is 2.63. The van der Waals surface area contributed by atoms with E-state index in [9.17, 15) is 0 Å². The number of imidazole rings is 1. The van der Waals surface area contributed by atoms with Crippen LogP contribution in [0.1, 0.15) is 11.5 Å². The summed E-state index contributed by atoms with van der Waals surface area (Å²) in [6.45, 7) is 1.96. The van der Waals surface area contributed by atoms with Crippen molar-refractivity contribution >= 4 is 34.4 Å². The van der Waals surface area contributed by atoms with Gasteiger partial charge in [0.1, 0.15) is 11.3 Å². The Morgan fingerprint density at radius 2 is 1.90 bits per heavy atom. The van der Waals surface area contributed by atoms with Crippen LogP contribution in [-0.4, -0.2) is 20.4 Å². The van der Waals surface area contributed by atoms with Gasteiger partial charge in [0.25, 0.3) is 0 Å². The lowest BCUT2D eigenvalue weighted by atomic mass is 10.3. The average molecular weight is 306 g/mol. The molecule has 0 saturated heterocycles. The monoisotopic (exact) mass is 305 g/mol. The molecule has 20 heavy (non-hydrogen) atoms. The van der Waals surface area contributed by atoms with Gasteiger partial charge in [-0.2, -0.15) is 0 Å². The van der Waals surface area contributed by atoms with Gasteiger partial charge in [-0.3, -0.25) is 4.57 Å². The fraction of sp³-hybridized carbons (Fsp3) is 0.200. The lowest BCUT2D eigenvalue weighted by Gasteiger charge is -2.09. The molecule has 0 N–H and O–H groups in total. The average Bonchev–Trinajstić information content (AvgIpc) is 2.77. The van der Waals surface area contributed by atoms with Gasteiger partial charge >= 0.3 is 0 Å². The first-order chi connectivity index (χ1) is 9.70. The summed E-state index contributed by atoms with van der Waals surface area (Å²) in [7, 11) is 0. The number of pyridine rings is 1. The Morgan fingerprint density at radius 1 is 1.10 bits per heavy atom. The smallest absolute Gasteiger partial charge is 0.164 e. The molecule has 1 aromatic carbocycles. The third-order valence-electron chi connectivity index (χ3n) is 3.12. The summed E-state index contributed by atoms with van der Waals surface area (Å²) in [4.78, 5) is 9.21. The molecule has 0 aliphatic rings. The van der Waals surface area contributed by atoms with Crippen molar-refractivity contribution in [3.05, 3.63) is 52.9 Å². The van der Waals surface area contributed by atoms with Gasteiger partial charge in [-0.15, -0.1) is 11.6 Å². The first-order valence-electron chi connectivity index (χ1n) is 6.36. The molecule has 3 rings (SSSR count). The second-order valence-corrected chi connectivity index (χ2v) is 5.33. The predicted molar refractivity (Wildman–Crippen MR) is 83.0 cm³/mol. The molecule has 3 aromatic rings. The first-order valence-corrected chi connectivity index (χ1v) is 7.28. The van der Waals surface area contributed by atoms with E-state index < -0.39 is 0 Å². The van der Waals surface area contributed by atoms with Crippen LogP contribution >= 0.6 is 23.2 Å². The van der Waals surface area contributed by atoms with Crippen molar-refractivity contribution in [3.63, 3.8) is 0 Å². The van der Waals surface area contributed by atoms with Gasteiger partial charge in [0.2, 0.25) is 0 Å². The molecule has 5 heteroatoms.